The third kappa shape index (κ3) is 2.87. The van der Waals surface area contributed by atoms with Crippen molar-refractivity contribution in [1.82, 2.24) is 0 Å². The van der Waals surface area contributed by atoms with Crippen LogP contribution in [0.5, 0.6) is 0 Å². The van der Waals surface area contributed by atoms with Gasteiger partial charge in [0.25, 0.3) is 0 Å². The molecule has 1 aromatic carbocycles. The summed E-state index contributed by atoms with van der Waals surface area (Å²) in [5.41, 5.74) is 7.17. The molecule has 2 N–H and O–H groups in total. The van der Waals surface area contributed by atoms with Crippen LogP contribution in [0.4, 0.5) is 0 Å². The van der Waals surface area contributed by atoms with E-state index >= 15 is 0 Å². The highest BCUT2D eigenvalue weighted by molar-refractivity contribution is 6.30. The minimum absolute atomic E-state index is 0. The number of halogens is 2. The molecule has 1 saturated carbocycles. The first-order chi connectivity index (χ1) is 6.81. The Morgan fingerprint density at radius 2 is 1.87 bits per heavy atom. The first-order valence-electron chi connectivity index (χ1n) is 5.27. The van der Waals surface area contributed by atoms with Crippen molar-refractivity contribution in [1.29, 1.82) is 0 Å². The molecule has 0 heterocycles. The molecule has 0 amide bonds. The second-order valence-corrected chi connectivity index (χ2v) is 4.52. The monoisotopic (exact) mass is 245 g/mol. The normalized spacial score (nSPS) is 17.7. The van der Waals surface area contributed by atoms with E-state index in [1.807, 2.05) is 12.1 Å². The maximum absolute atomic E-state index is 5.86. The fraction of sp³-hybridized carbons (Fsp3) is 0.500. The Hall–Kier alpha value is -0.240. The number of hydrogen-bond donors (Lipinski definition) is 1. The van der Waals surface area contributed by atoms with Crippen LogP contribution in [0.2, 0.25) is 5.02 Å². The fourth-order valence-electron chi connectivity index (χ4n) is 2.15. The zero-order chi connectivity index (χ0) is 9.97. The topological polar surface area (TPSA) is 26.0 Å². The second-order valence-electron chi connectivity index (χ2n) is 4.08. The molecule has 3 heteroatoms. The Morgan fingerprint density at radius 3 is 2.27 bits per heavy atom. The van der Waals surface area contributed by atoms with Crippen LogP contribution in [-0.2, 0) is 0 Å². The van der Waals surface area contributed by atoms with Crippen molar-refractivity contribution in [3.05, 3.63) is 34.9 Å². The van der Waals surface area contributed by atoms with Gasteiger partial charge in [-0.15, -0.1) is 12.4 Å². The van der Waals surface area contributed by atoms with Crippen LogP contribution >= 0.6 is 24.0 Å². The SMILES string of the molecule is Cl.NCC(c1ccc(Cl)cc1)C1CCC1. The van der Waals surface area contributed by atoms with E-state index in [9.17, 15) is 0 Å². The van der Waals surface area contributed by atoms with Gasteiger partial charge in [-0.05, 0) is 48.9 Å². The Labute approximate surface area is 102 Å². The van der Waals surface area contributed by atoms with Crippen molar-refractivity contribution >= 4 is 24.0 Å². The third-order valence-electron chi connectivity index (χ3n) is 3.27. The molecule has 1 unspecified atom stereocenters. The van der Waals surface area contributed by atoms with Crippen LogP contribution in [0.1, 0.15) is 30.7 Å². The summed E-state index contributed by atoms with van der Waals surface area (Å²) in [7, 11) is 0. The molecule has 0 aliphatic heterocycles. The van der Waals surface area contributed by atoms with Gasteiger partial charge in [-0.1, -0.05) is 30.2 Å². The quantitative estimate of drug-likeness (QED) is 0.866. The molecule has 1 aromatic rings. The predicted octanol–water partition coefficient (Wildman–Crippen LogP) is 3.60. The number of hydrogen-bond acceptors (Lipinski definition) is 1. The molecule has 1 fully saturated rings. The van der Waals surface area contributed by atoms with E-state index < -0.39 is 0 Å². The van der Waals surface area contributed by atoms with Gasteiger partial charge >= 0.3 is 0 Å². The van der Waals surface area contributed by atoms with Crippen molar-refractivity contribution in [2.24, 2.45) is 11.7 Å². The summed E-state index contributed by atoms with van der Waals surface area (Å²) in [6.45, 7) is 0.756. The summed E-state index contributed by atoms with van der Waals surface area (Å²) >= 11 is 5.86. The van der Waals surface area contributed by atoms with Crippen LogP contribution in [-0.4, -0.2) is 6.54 Å². The van der Waals surface area contributed by atoms with Gasteiger partial charge in [0.2, 0.25) is 0 Å². The summed E-state index contributed by atoms with van der Waals surface area (Å²) in [5, 5.41) is 0.804. The van der Waals surface area contributed by atoms with Crippen LogP contribution < -0.4 is 5.73 Å². The van der Waals surface area contributed by atoms with Gasteiger partial charge in [-0.25, -0.2) is 0 Å². The second kappa shape index (κ2) is 5.74. The largest absolute Gasteiger partial charge is 0.330 e. The summed E-state index contributed by atoms with van der Waals surface area (Å²) in [4.78, 5) is 0. The lowest BCUT2D eigenvalue weighted by atomic mass is 9.73. The predicted molar refractivity (Wildman–Crippen MR) is 67.8 cm³/mol. The van der Waals surface area contributed by atoms with Gasteiger partial charge in [-0.3, -0.25) is 0 Å². The lowest BCUT2D eigenvalue weighted by molar-refractivity contribution is 0.264. The first-order valence-corrected chi connectivity index (χ1v) is 5.64. The van der Waals surface area contributed by atoms with E-state index in [4.69, 9.17) is 17.3 Å². The van der Waals surface area contributed by atoms with Crippen LogP contribution in [0.15, 0.2) is 24.3 Å². The van der Waals surface area contributed by atoms with Gasteiger partial charge in [0.15, 0.2) is 0 Å². The van der Waals surface area contributed by atoms with Gasteiger partial charge < -0.3 is 5.73 Å². The van der Waals surface area contributed by atoms with Crippen LogP contribution in [0, 0.1) is 5.92 Å². The maximum atomic E-state index is 5.86. The molecule has 1 aliphatic carbocycles. The highest BCUT2D eigenvalue weighted by atomic mass is 35.5. The van der Waals surface area contributed by atoms with Gasteiger partial charge in [0, 0.05) is 5.02 Å². The Morgan fingerprint density at radius 1 is 1.27 bits per heavy atom. The van der Waals surface area contributed by atoms with Crippen molar-refractivity contribution in [2.45, 2.75) is 25.2 Å². The van der Waals surface area contributed by atoms with E-state index in [1.165, 1.54) is 24.8 Å². The van der Waals surface area contributed by atoms with E-state index in [-0.39, 0.29) is 12.4 Å². The average molecular weight is 246 g/mol. The number of benzene rings is 1. The minimum Gasteiger partial charge on any atom is -0.330 e. The van der Waals surface area contributed by atoms with Crippen molar-refractivity contribution < 1.29 is 0 Å². The average Bonchev–Trinajstić information content (AvgIpc) is 2.13. The number of nitrogens with two attached hydrogens (primary N) is 1. The molecular formula is C12H17Cl2N. The maximum Gasteiger partial charge on any atom is 0.0406 e. The molecule has 0 radical (unpaired) electrons. The van der Waals surface area contributed by atoms with Crippen molar-refractivity contribution in [3.63, 3.8) is 0 Å². The first kappa shape index (κ1) is 12.8. The molecule has 84 valence electrons. The molecule has 0 saturated heterocycles. The number of rotatable bonds is 3. The summed E-state index contributed by atoms with van der Waals surface area (Å²) in [6.07, 6.45) is 4.05. The van der Waals surface area contributed by atoms with Crippen molar-refractivity contribution in [2.75, 3.05) is 6.54 Å². The summed E-state index contributed by atoms with van der Waals surface area (Å²) in [5.74, 6) is 1.35. The molecule has 1 atom stereocenters. The lowest BCUT2D eigenvalue weighted by Crippen LogP contribution is -2.26. The van der Waals surface area contributed by atoms with E-state index in [1.54, 1.807) is 0 Å². The smallest absolute Gasteiger partial charge is 0.0406 e. The molecule has 0 spiro atoms. The third-order valence-corrected chi connectivity index (χ3v) is 3.52. The fourth-order valence-corrected chi connectivity index (χ4v) is 2.28. The van der Waals surface area contributed by atoms with Crippen molar-refractivity contribution in [3.8, 4) is 0 Å². The molecule has 1 aliphatic rings. The molecular weight excluding hydrogens is 229 g/mol. The Bertz CT molecular complexity index is 293. The minimum atomic E-state index is 0. The summed E-state index contributed by atoms with van der Waals surface area (Å²) in [6, 6.07) is 8.13. The zero-order valence-corrected chi connectivity index (χ0v) is 10.2. The van der Waals surface area contributed by atoms with Crippen LogP contribution in [0.25, 0.3) is 0 Å². The summed E-state index contributed by atoms with van der Waals surface area (Å²) < 4.78 is 0. The molecule has 0 bridgehead atoms. The Balaban J connectivity index is 0.00000112. The molecule has 1 nitrogen and oxygen atoms in total. The van der Waals surface area contributed by atoms with Crippen LogP contribution in [0.3, 0.4) is 0 Å². The standard InChI is InChI=1S/C12H16ClN.ClH/c13-11-6-4-10(5-7-11)12(8-14)9-2-1-3-9;/h4-7,9,12H,1-3,8,14H2;1H. The van der Waals surface area contributed by atoms with E-state index in [0.717, 1.165) is 17.5 Å². The lowest BCUT2D eigenvalue weighted by Gasteiger charge is -2.33. The van der Waals surface area contributed by atoms with Gasteiger partial charge in [-0.2, -0.15) is 0 Å². The van der Waals surface area contributed by atoms with Gasteiger partial charge in [0.05, 0.1) is 0 Å². The highest BCUT2D eigenvalue weighted by Crippen LogP contribution is 2.38. The zero-order valence-electron chi connectivity index (χ0n) is 8.66. The van der Waals surface area contributed by atoms with E-state index in [0.29, 0.717) is 5.92 Å². The molecule has 0 aromatic heterocycles. The van der Waals surface area contributed by atoms with Gasteiger partial charge in [0.1, 0.15) is 0 Å². The van der Waals surface area contributed by atoms with E-state index in [2.05, 4.69) is 12.1 Å². The molecule has 2 rings (SSSR count). The highest BCUT2D eigenvalue weighted by Gasteiger charge is 2.27. The molecule has 15 heavy (non-hydrogen) atoms. The Kier molecular flexibility index (Phi) is 4.91.